The van der Waals surface area contributed by atoms with Gasteiger partial charge in [-0.2, -0.15) is 0 Å². The molecule has 110 valence electrons. The van der Waals surface area contributed by atoms with Crippen LogP contribution in [0, 0.1) is 5.41 Å². The number of hydrogen-bond donors (Lipinski definition) is 1. The van der Waals surface area contributed by atoms with Gasteiger partial charge in [0.2, 0.25) is 0 Å². The van der Waals surface area contributed by atoms with Gasteiger partial charge in [-0.1, -0.05) is 20.3 Å². The fourth-order valence-electron chi connectivity index (χ4n) is 2.78. The molecule has 0 radical (unpaired) electrons. The molecule has 1 aliphatic rings. The molecule has 1 aliphatic heterocycles. The zero-order chi connectivity index (χ0) is 14.8. The largest absolute Gasteiger partial charge is 0.508 e. The highest BCUT2D eigenvalue weighted by atomic mass is 16.3. The van der Waals surface area contributed by atoms with Gasteiger partial charge in [0, 0.05) is 17.7 Å². The van der Waals surface area contributed by atoms with Crippen LogP contribution in [0.2, 0.25) is 0 Å². The molecule has 3 heteroatoms. The Bertz CT molecular complexity index is 488. The van der Waals surface area contributed by atoms with E-state index >= 15 is 0 Å². The third kappa shape index (κ3) is 3.40. The smallest absolute Gasteiger partial charge is 0.159 e. The number of rotatable bonds is 4. The number of Topliss-reactive ketones (excluding diaryl/α,β-unsaturated/α-hetero) is 1. The molecule has 1 N–H and O–H groups in total. The van der Waals surface area contributed by atoms with Crippen molar-refractivity contribution in [1.29, 1.82) is 0 Å². The summed E-state index contributed by atoms with van der Waals surface area (Å²) >= 11 is 0. The highest BCUT2D eigenvalue weighted by molar-refractivity contribution is 5.94. The Morgan fingerprint density at radius 1 is 1.35 bits per heavy atom. The van der Waals surface area contributed by atoms with Crippen LogP contribution in [0.5, 0.6) is 5.75 Å². The standard InChI is InChI=1S/C17H25NO2/c1-4-17(3)7-9-18(10-8-17)12-15-11-14(13(2)19)5-6-16(15)20/h5-6,11,20H,4,7-10,12H2,1-3H3. The van der Waals surface area contributed by atoms with Crippen LogP contribution >= 0.6 is 0 Å². The number of benzene rings is 1. The van der Waals surface area contributed by atoms with Gasteiger partial charge in [-0.3, -0.25) is 9.69 Å². The molecule has 0 amide bonds. The number of phenols is 1. The van der Waals surface area contributed by atoms with Gasteiger partial charge in [0.05, 0.1) is 0 Å². The topological polar surface area (TPSA) is 40.5 Å². The van der Waals surface area contributed by atoms with Crippen LogP contribution in [0.3, 0.4) is 0 Å². The second-order valence-corrected chi connectivity index (χ2v) is 6.34. The van der Waals surface area contributed by atoms with Gasteiger partial charge >= 0.3 is 0 Å². The summed E-state index contributed by atoms with van der Waals surface area (Å²) in [6.45, 7) is 9.04. The minimum absolute atomic E-state index is 0.0449. The maximum absolute atomic E-state index is 11.4. The van der Waals surface area contributed by atoms with Crippen molar-refractivity contribution in [1.82, 2.24) is 4.90 Å². The first kappa shape index (κ1) is 15.0. The molecule has 0 aliphatic carbocycles. The number of carbonyl (C=O) groups is 1. The van der Waals surface area contributed by atoms with Crippen molar-refractivity contribution >= 4 is 5.78 Å². The fourth-order valence-corrected chi connectivity index (χ4v) is 2.78. The summed E-state index contributed by atoms with van der Waals surface area (Å²) in [6, 6.07) is 5.14. The SMILES string of the molecule is CCC1(C)CCN(Cc2cc(C(C)=O)ccc2O)CC1. The molecular formula is C17H25NO2. The number of ketones is 1. The van der Waals surface area contributed by atoms with Crippen LogP contribution in [0.25, 0.3) is 0 Å². The molecule has 1 aromatic rings. The van der Waals surface area contributed by atoms with Crippen molar-refractivity contribution < 1.29 is 9.90 Å². The van der Waals surface area contributed by atoms with E-state index in [4.69, 9.17) is 0 Å². The number of carbonyl (C=O) groups excluding carboxylic acids is 1. The van der Waals surface area contributed by atoms with Gasteiger partial charge in [-0.05, 0) is 56.5 Å². The molecule has 0 spiro atoms. The van der Waals surface area contributed by atoms with E-state index in [1.165, 1.54) is 19.3 Å². The van der Waals surface area contributed by atoms with Crippen molar-refractivity contribution in [2.45, 2.75) is 46.6 Å². The maximum atomic E-state index is 11.4. The van der Waals surface area contributed by atoms with Gasteiger partial charge in [-0.25, -0.2) is 0 Å². The van der Waals surface area contributed by atoms with Crippen molar-refractivity contribution in [3.8, 4) is 5.75 Å². The predicted molar refractivity (Wildman–Crippen MR) is 81.0 cm³/mol. The molecule has 0 unspecified atom stereocenters. The minimum atomic E-state index is 0.0449. The summed E-state index contributed by atoms with van der Waals surface area (Å²) in [4.78, 5) is 13.8. The average Bonchev–Trinajstić information content (AvgIpc) is 2.43. The first-order chi connectivity index (χ1) is 9.43. The summed E-state index contributed by atoms with van der Waals surface area (Å²) in [5, 5.41) is 9.96. The minimum Gasteiger partial charge on any atom is -0.508 e. The lowest BCUT2D eigenvalue weighted by molar-refractivity contribution is 0.101. The monoisotopic (exact) mass is 275 g/mol. The molecule has 1 heterocycles. The van der Waals surface area contributed by atoms with Gasteiger partial charge in [0.15, 0.2) is 5.78 Å². The van der Waals surface area contributed by atoms with Crippen LogP contribution in [0.1, 0.15) is 56.0 Å². The Balaban J connectivity index is 2.04. The highest BCUT2D eigenvalue weighted by Crippen LogP contribution is 2.34. The normalized spacial score (nSPS) is 18.9. The number of aromatic hydroxyl groups is 1. The summed E-state index contributed by atoms with van der Waals surface area (Å²) in [6.07, 6.45) is 3.64. The third-order valence-electron chi connectivity index (χ3n) is 4.80. The lowest BCUT2D eigenvalue weighted by atomic mass is 9.78. The first-order valence-corrected chi connectivity index (χ1v) is 7.49. The van der Waals surface area contributed by atoms with E-state index in [-0.39, 0.29) is 5.78 Å². The average molecular weight is 275 g/mol. The van der Waals surface area contributed by atoms with Crippen molar-refractivity contribution in [2.75, 3.05) is 13.1 Å². The fraction of sp³-hybridized carbons (Fsp3) is 0.588. The molecule has 3 nitrogen and oxygen atoms in total. The number of piperidine rings is 1. The predicted octanol–water partition coefficient (Wildman–Crippen LogP) is 3.61. The molecule has 0 aromatic heterocycles. The van der Waals surface area contributed by atoms with Gasteiger partial charge in [-0.15, -0.1) is 0 Å². The lowest BCUT2D eigenvalue weighted by Crippen LogP contribution is -2.37. The number of hydrogen-bond acceptors (Lipinski definition) is 3. The van der Waals surface area contributed by atoms with E-state index in [1.807, 2.05) is 6.07 Å². The third-order valence-corrected chi connectivity index (χ3v) is 4.80. The molecule has 1 saturated heterocycles. The van der Waals surface area contributed by atoms with Gasteiger partial charge in [0.25, 0.3) is 0 Å². The van der Waals surface area contributed by atoms with Gasteiger partial charge in [0.1, 0.15) is 5.75 Å². The maximum Gasteiger partial charge on any atom is 0.159 e. The quantitative estimate of drug-likeness (QED) is 0.853. The van der Waals surface area contributed by atoms with Crippen LogP contribution in [-0.4, -0.2) is 28.9 Å². The summed E-state index contributed by atoms with van der Waals surface area (Å²) in [7, 11) is 0. The number of phenolic OH excluding ortho intramolecular Hbond substituents is 1. The van der Waals surface area contributed by atoms with Crippen LogP contribution < -0.4 is 0 Å². The Morgan fingerprint density at radius 2 is 2.00 bits per heavy atom. The van der Waals surface area contributed by atoms with E-state index in [0.717, 1.165) is 25.2 Å². The first-order valence-electron chi connectivity index (χ1n) is 7.49. The second-order valence-electron chi connectivity index (χ2n) is 6.34. The summed E-state index contributed by atoms with van der Waals surface area (Å²) in [5.74, 6) is 0.335. The van der Waals surface area contributed by atoms with Crippen LogP contribution in [-0.2, 0) is 6.54 Å². The zero-order valence-corrected chi connectivity index (χ0v) is 12.8. The number of likely N-dealkylation sites (tertiary alicyclic amines) is 1. The zero-order valence-electron chi connectivity index (χ0n) is 12.8. The molecule has 0 saturated carbocycles. The van der Waals surface area contributed by atoms with Crippen molar-refractivity contribution in [3.05, 3.63) is 29.3 Å². The Labute approximate surface area is 121 Å². The van der Waals surface area contributed by atoms with E-state index < -0.39 is 0 Å². The van der Waals surface area contributed by atoms with Gasteiger partial charge < -0.3 is 5.11 Å². The number of nitrogens with zero attached hydrogens (tertiary/aromatic N) is 1. The highest BCUT2D eigenvalue weighted by Gasteiger charge is 2.28. The molecule has 0 bridgehead atoms. The van der Waals surface area contributed by atoms with E-state index in [2.05, 4.69) is 18.7 Å². The van der Waals surface area contributed by atoms with E-state index in [1.54, 1.807) is 19.1 Å². The molecular weight excluding hydrogens is 250 g/mol. The molecule has 0 atom stereocenters. The second kappa shape index (κ2) is 5.96. The summed E-state index contributed by atoms with van der Waals surface area (Å²) in [5.41, 5.74) is 2.01. The molecule has 2 rings (SSSR count). The summed E-state index contributed by atoms with van der Waals surface area (Å²) < 4.78 is 0. The lowest BCUT2D eigenvalue weighted by Gasteiger charge is -2.39. The molecule has 1 aromatic carbocycles. The molecule has 1 fully saturated rings. The Morgan fingerprint density at radius 3 is 2.55 bits per heavy atom. The van der Waals surface area contributed by atoms with Crippen molar-refractivity contribution in [3.63, 3.8) is 0 Å². The molecule has 20 heavy (non-hydrogen) atoms. The van der Waals surface area contributed by atoms with Crippen LogP contribution in [0.15, 0.2) is 18.2 Å². The Hall–Kier alpha value is -1.35. The van der Waals surface area contributed by atoms with E-state index in [0.29, 0.717) is 16.7 Å². The van der Waals surface area contributed by atoms with Crippen molar-refractivity contribution in [2.24, 2.45) is 5.41 Å². The van der Waals surface area contributed by atoms with Crippen LogP contribution in [0.4, 0.5) is 0 Å². The Kier molecular flexibility index (Phi) is 4.48. The van der Waals surface area contributed by atoms with E-state index in [9.17, 15) is 9.90 Å².